The lowest BCUT2D eigenvalue weighted by atomic mass is 10.0. The molecule has 0 saturated carbocycles. The number of nitrogens with zero attached hydrogens (tertiary/aromatic N) is 3. The Labute approximate surface area is 126 Å². The van der Waals surface area contributed by atoms with E-state index >= 15 is 0 Å². The monoisotopic (exact) mass is 288 g/mol. The summed E-state index contributed by atoms with van der Waals surface area (Å²) in [7, 11) is 0. The van der Waals surface area contributed by atoms with Gasteiger partial charge in [-0.3, -0.25) is 0 Å². The molecule has 0 spiro atoms. The van der Waals surface area contributed by atoms with E-state index in [1.54, 1.807) is 6.26 Å². The predicted molar refractivity (Wildman–Crippen MR) is 84.9 cm³/mol. The van der Waals surface area contributed by atoms with Crippen LogP contribution in [0.25, 0.3) is 33.6 Å². The lowest BCUT2D eigenvalue weighted by Gasteiger charge is -2.09. The smallest absolute Gasteiger partial charge is 0.166 e. The summed E-state index contributed by atoms with van der Waals surface area (Å²) >= 11 is 0. The molecule has 22 heavy (non-hydrogen) atoms. The van der Waals surface area contributed by atoms with Crippen molar-refractivity contribution in [1.82, 2.24) is 15.0 Å². The molecule has 1 aromatic carbocycles. The van der Waals surface area contributed by atoms with Gasteiger partial charge in [-0.1, -0.05) is 30.3 Å². The van der Waals surface area contributed by atoms with Crippen LogP contribution in [0.15, 0.2) is 65.5 Å². The van der Waals surface area contributed by atoms with Crippen LogP contribution in [0.3, 0.4) is 0 Å². The molecule has 0 saturated heterocycles. The fourth-order valence-electron chi connectivity index (χ4n) is 2.48. The van der Waals surface area contributed by atoms with Crippen LogP contribution in [0.1, 0.15) is 0 Å². The van der Waals surface area contributed by atoms with E-state index in [0.29, 0.717) is 17.2 Å². The Hall–Kier alpha value is -3.21. The molecule has 0 amide bonds. The van der Waals surface area contributed by atoms with Gasteiger partial charge in [0, 0.05) is 0 Å². The van der Waals surface area contributed by atoms with E-state index in [-0.39, 0.29) is 0 Å². The second-order valence-electron chi connectivity index (χ2n) is 4.86. The van der Waals surface area contributed by atoms with Crippen LogP contribution >= 0.6 is 0 Å². The van der Waals surface area contributed by atoms with Crippen molar-refractivity contribution in [1.29, 1.82) is 0 Å². The minimum absolute atomic E-state index is 0.419. The first-order valence-corrected chi connectivity index (χ1v) is 6.83. The highest BCUT2D eigenvalue weighted by atomic mass is 16.3. The number of pyridine rings is 1. The number of aromatic nitrogens is 3. The fourth-order valence-corrected chi connectivity index (χ4v) is 2.48. The molecule has 0 aliphatic carbocycles. The van der Waals surface area contributed by atoms with E-state index < -0.39 is 0 Å². The largest absolute Gasteiger partial charge is 0.463 e. The maximum atomic E-state index is 6.05. The van der Waals surface area contributed by atoms with E-state index in [0.717, 1.165) is 22.2 Å². The van der Waals surface area contributed by atoms with Gasteiger partial charge in [-0.2, -0.15) is 0 Å². The van der Waals surface area contributed by atoms with Crippen LogP contribution in [0.5, 0.6) is 0 Å². The summed E-state index contributed by atoms with van der Waals surface area (Å²) in [5.74, 6) is 1.11. The molecule has 0 aliphatic rings. The number of furan rings is 1. The lowest BCUT2D eigenvalue weighted by molar-refractivity contribution is 0.580. The average Bonchev–Trinajstić information content (AvgIpc) is 3.09. The fraction of sp³-hybridized carbons (Fsp3) is 0. The number of rotatable bonds is 2. The molecule has 0 bridgehead atoms. The van der Waals surface area contributed by atoms with Crippen LogP contribution in [-0.2, 0) is 0 Å². The van der Waals surface area contributed by atoms with Gasteiger partial charge in [-0.05, 0) is 29.3 Å². The normalized spacial score (nSPS) is 10.9. The first-order chi connectivity index (χ1) is 10.8. The molecule has 5 heteroatoms. The molecular weight excluding hydrogens is 276 g/mol. The zero-order valence-electron chi connectivity index (χ0n) is 11.6. The van der Waals surface area contributed by atoms with Crippen molar-refractivity contribution in [3.05, 3.63) is 61.1 Å². The summed E-state index contributed by atoms with van der Waals surface area (Å²) in [4.78, 5) is 12.9. The van der Waals surface area contributed by atoms with Gasteiger partial charge in [0.15, 0.2) is 11.4 Å². The second kappa shape index (κ2) is 4.96. The van der Waals surface area contributed by atoms with E-state index in [1.807, 2.05) is 48.5 Å². The Kier molecular flexibility index (Phi) is 2.83. The van der Waals surface area contributed by atoms with Crippen LogP contribution in [0.4, 0.5) is 5.82 Å². The number of nitrogens with two attached hydrogens (primary N) is 1. The van der Waals surface area contributed by atoms with Crippen LogP contribution in [0, 0.1) is 0 Å². The van der Waals surface area contributed by atoms with Crippen molar-refractivity contribution in [2.75, 3.05) is 5.73 Å². The molecule has 5 nitrogen and oxygen atoms in total. The molecule has 106 valence electrons. The van der Waals surface area contributed by atoms with Gasteiger partial charge in [0.1, 0.15) is 17.8 Å². The summed E-state index contributed by atoms with van der Waals surface area (Å²) in [5, 5.41) is 0.754. The molecule has 0 radical (unpaired) electrons. The number of anilines is 1. The third kappa shape index (κ3) is 2.00. The number of benzene rings is 1. The molecule has 0 fully saturated rings. The maximum absolute atomic E-state index is 6.05. The topological polar surface area (TPSA) is 77.8 Å². The number of hydrogen-bond acceptors (Lipinski definition) is 5. The molecule has 0 atom stereocenters. The molecule has 2 N–H and O–H groups in total. The van der Waals surface area contributed by atoms with E-state index in [2.05, 4.69) is 15.0 Å². The molecule has 3 heterocycles. The molecule has 0 unspecified atom stereocenters. The summed E-state index contributed by atoms with van der Waals surface area (Å²) in [5.41, 5.74) is 9.29. The number of nitrogen functional groups attached to an aromatic ring is 1. The van der Waals surface area contributed by atoms with Gasteiger partial charge < -0.3 is 10.2 Å². The van der Waals surface area contributed by atoms with Crippen molar-refractivity contribution in [3.8, 4) is 22.6 Å². The summed E-state index contributed by atoms with van der Waals surface area (Å²) in [6, 6.07) is 15.6. The van der Waals surface area contributed by atoms with Crippen molar-refractivity contribution in [2.24, 2.45) is 0 Å². The molecular formula is C17H12N4O. The number of hydrogen-bond donors (Lipinski definition) is 1. The quantitative estimate of drug-likeness (QED) is 0.610. The standard InChI is InChI=1S/C17H12N4O/c18-16-15-12(11-5-2-1-3-6-11)9-13(14-7-4-8-22-14)21-17(15)20-10-19-16/h1-10H,(H2,18,19,20,21). The van der Waals surface area contributed by atoms with Gasteiger partial charge in [0.05, 0.1) is 11.6 Å². The molecule has 4 rings (SSSR count). The maximum Gasteiger partial charge on any atom is 0.166 e. The minimum atomic E-state index is 0.419. The van der Waals surface area contributed by atoms with Crippen molar-refractivity contribution < 1.29 is 4.42 Å². The van der Waals surface area contributed by atoms with Crippen molar-refractivity contribution in [3.63, 3.8) is 0 Å². The van der Waals surface area contributed by atoms with Gasteiger partial charge >= 0.3 is 0 Å². The first-order valence-electron chi connectivity index (χ1n) is 6.83. The van der Waals surface area contributed by atoms with E-state index in [1.165, 1.54) is 6.33 Å². The van der Waals surface area contributed by atoms with Crippen LogP contribution in [-0.4, -0.2) is 15.0 Å². The average molecular weight is 288 g/mol. The van der Waals surface area contributed by atoms with Crippen LogP contribution in [0.2, 0.25) is 0 Å². The highest BCUT2D eigenvalue weighted by Crippen LogP contribution is 2.33. The Morgan fingerprint density at radius 1 is 0.955 bits per heavy atom. The Morgan fingerprint density at radius 2 is 1.82 bits per heavy atom. The summed E-state index contributed by atoms with van der Waals surface area (Å²) in [6.07, 6.45) is 3.04. The van der Waals surface area contributed by atoms with Gasteiger partial charge in [-0.25, -0.2) is 15.0 Å². The van der Waals surface area contributed by atoms with Crippen LogP contribution < -0.4 is 5.73 Å². The zero-order chi connectivity index (χ0) is 14.9. The molecule has 3 aromatic heterocycles. The van der Waals surface area contributed by atoms with E-state index in [9.17, 15) is 0 Å². The summed E-state index contributed by atoms with van der Waals surface area (Å²) < 4.78 is 5.45. The van der Waals surface area contributed by atoms with E-state index in [4.69, 9.17) is 10.2 Å². The predicted octanol–water partition coefficient (Wildman–Crippen LogP) is 3.53. The minimum Gasteiger partial charge on any atom is -0.463 e. The highest BCUT2D eigenvalue weighted by Gasteiger charge is 2.14. The zero-order valence-corrected chi connectivity index (χ0v) is 11.6. The summed E-state index contributed by atoms with van der Waals surface area (Å²) in [6.45, 7) is 0. The second-order valence-corrected chi connectivity index (χ2v) is 4.86. The van der Waals surface area contributed by atoms with Gasteiger partial charge in [-0.15, -0.1) is 0 Å². The van der Waals surface area contributed by atoms with Gasteiger partial charge in [0.25, 0.3) is 0 Å². The Morgan fingerprint density at radius 3 is 2.59 bits per heavy atom. The molecule has 4 aromatic rings. The first kappa shape index (κ1) is 12.5. The molecule has 0 aliphatic heterocycles. The Balaban J connectivity index is 2.08. The SMILES string of the molecule is Nc1ncnc2nc(-c3ccco3)cc(-c3ccccc3)c12. The van der Waals surface area contributed by atoms with Crippen molar-refractivity contribution >= 4 is 16.9 Å². The van der Waals surface area contributed by atoms with Gasteiger partial charge in [0.2, 0.25) is 0 Å². The Bertz CT molecular complexity index is 934. The third-order valence-electron chi connectivity index (χ3n) is 3.49. The van der Waals surface area contributed by atoms with Crippen molar-refractivity contribution in [2.45, 2.75) is 0 Å². The third-order valence-corrected chi connectivity index (χ3v) is 3.49. The lowest BCUT2D eigenvalue weighted by Crippen LogP contribution is -1.98. The highest BCUT2D eigenvalue weighted by molar-refractivity contribution is 6.00. The number of fused-ring (bicyclic) bond motifs is 1.